The highest BCUT2D eigenvalue weighted by Gasteiger charge is 2.23. The number of nitrogens with one attached hydrogen (secondary N) is 2. The molecule has 0 bridgehead atoms. The molecular weight excluding hydrogens is 518 g/mol. The highest BCUT2D eigenvalue weighted by Crippen LogP contribution is 2.24. The Balaban J connectivity index is 1.48. The van der Waals surface area contributed by atoms with E-state index in [-0.39, 0.29) is 22.5 Å². The maximum atomic E-state index is 14.2. The van der Waals surface area contributed by atoms with E-state index in [2.05, 4.69) is 32.2 Å². The first-order chi connectivity index (χ1) is 19.9. The lowest BCUT2D eigenvalue weighted by Gasteiger charge is -2.21. The van der Waals surface area contributed by atoms with Gasteiger partial charge in [0, 0.05) is 47.2 Å². The third-order valence-electron chi connectivity index (χ3n) is 6.65. The minimum atomic E-state index is -0.608. The molecule has 200 valence electrons. The zero-order valence-electron chi connectivity index (χ0n) is 21.8. The molecule has 0 saturated heterocycles. The van der Waals surface area contributed by atoms with E-state index in [0.717, 1.165) is 0 Å². The lowest BCUT2D eigenvalue weighted by atomic mass is 10.0. The van der Waals surface area contributed by atoms with Crippen LogP contribution in [-0.2, 0) is 0 Å². The minimum absolute atomic E-state index is 0.0518. The van der Waals surface area contributed by atoms with Crippen molar-refractivity contribution >= 4 is 28.1 Å². The number of carbonyl (C=O) groups excluding carboxylic acids is 1. The lowest BCUT2D eigenvalue weighted by molar-refractivity contribution is 0.0941. The Labute approximate surface area is 233 Å². The topological polar surface area (TPSA) is 140 Å². The number of amides is 1. The van der Waals surface area contributed by atoms with Crippen molar-refractivity contribution in [1.82, 2.24) is 29.5 Å². The summed E-state index contributed by atoms with van der Waals surface area (Å²) in [5, 5.41) is 8.22. The van der Waals surface area contributed by atoms with Crippen molar-refractivity contribution < 1.29 is 4.79 Å². The number of carbonyl (C=O) groups is 1. The summed E-state index contributed by atoms with van der Waals surface area (Å²) in [5.74, 6) is 5.62. The van der Waals surface area contributed by atoms with Crippen molar-refractivity contribution in [3.8, 4) is 17.5 Å². The van der Waals surface area contributed by atoms with Crippen molar-refractivity contribution in [2.45, 2.75) is 13.0 Å². The van der Waals surface area contributed by atoms with E-state index in [1.165, 1.54) is 16.8 Å². The second kappa shape index (κ2) is 10.3. The molecular formula is C31H23N7O3. The van der Waals surface area contributed by atoms with Crippen LogP contribution in [0.4, 0.5) is 5.82 Å². The van der Waals surface area contributed by atoms with Crippen molar-refractivity contribution in [3.63, 3.8) is 0 Å². The zero-order chi connectivity index (χ0) is 28.5. The number of anilines is 1. The molecule has 1 amide bonds. The van der Waals surface area contributed by atoms with Gasteiger partial charge >= 0.3 is 0 Å². The number of hydrogen-bond donors (Lipinski definition) is 3. The largest absolute Gasteiger partial charge is 0.381 e. The number of aromatic nitrogens is 5. The average molecular weight is 542 g/mol. The molecule has 1 unspecified atom stereocenters. The molecule has 4 aromatic heterocycles. The fourth-order valence-corrected chi connectivity index (χ4v) is 4.77. The molecule has 0 aliphatic heterocycles. The highest BCUT2D eigenvalue weighted by molar-refractivity contribution is 6.04. The third kappa shape index (κ3) is 4.72. The van der Waals surface area contributed by atoms with Crippen molar-refractivity contribution in [2.24, 2.45) is 0 Å². The van der Waals surface area contributed by atoms with Crippen molar-refractivity contribution in [3.05, 3.63) is 134 Å². The quantitative estimate of drug-likeness (QED) is 0.293. The molecule has 41 heavy (non-hydrogen) atoms. The number of para-hydroxylation sites is 1. The lowest BCUT2D eigenvalue weighted by Crippen LogP contribution is -2.32. The van der Waals surface area contributed by atoms with E-state index in [1.54, 1.807) is 42.1 Å². The number of hydrogen-bond acceptors (Lipinski definition) is 6. The molecule has 2 aromatic carbocycles. The van der Waals surface area contributed by atoms with Crippen LogP contribution in [0.5, 0.6) is 0 Å². The molecule has 0 aliphatic rings. The summed E-state index contributed by atoms with van der Waals surface area (Å²) in [4.78, 5) is 46.1. The van der Waals surface area contributed by atoms with E-state index in [4.69, 9.17) is 5.73 Å². The Kier molecular flexibility index (Phi) is 6.37. The Hall–Kier alpha value is -5.95. The predicted molar refractivity (Wildman–Crippen MR) is 156 cm³/mol. The summed E-state index contributed by atoms with van der Waals surface area (Å²) in [7, 11) is 0. The van der Waals surface area contributed by atoms with Crippen LogP contribution in [0.1, 0.15) is 40.1 Å². The van der Waals surface area contributed by atoms with Gasteiger partial charge in [0.1, 0.15) is 5.56 Å². The number of benzene rings is 2. The number of aromatic amines is 1. The highest BCUT2D eigenvalue weighted by atomic mass is 16.2. The first kappa shape index (κ1) is 25.3. The minimum Gasteiger partial charge on any atom is -0.381 e. The first-order valence-electron chi connectivity index (χ1n) is 12.8. The van der Waals surface area contributed by atoms with Gasteiger partial charge in [0.15, 0.2) is 11.5 Å². The van der Waals surface area contributed by atoms with Crippen LogP contribution in [0.25, 0.3) is 22.1 Å². The summed E-state index contributed by atoms with van der Waals surface area (Å²) in [5.41, 5.74) is 8.24. The zero-order valence-corrected chi connectivity index (χ0v) is 21.8. The van der Waals surface area contributed by atoms with Gasteiger partial charge in [-0.15, -0.1) is 5.10 Å². The number of nitrogens with zero attached hydrogens (tertiary/aromatic N) is 4. The third-order valence-corrected chi connectivity index (χ3v) is 6.65. The second-order valence-electron chi connectivity index (χ2n) is 9.35. The number of H-pyrrole nitrogens is 1. The number of nitrogen functional groups attached to an aromatic ring is 1. The number of fused-ring (bicyclic) bond motifs is 2. The van der Waals surface area contributed by atoms with Crippen molar-refractivity contribution in [1.29, 1.82) is 0 Å². The van der Waals surface area contributed by atoms with Gasteiger partial charge in [-0.2, -0.15) is 0 Å². The number of nitrogens with two attached hydrogens (primary N) is 1. The Morgan fingerprint density at radius 2 is 1.85 bits per heavy atom. The van der Waals surface area contributed by atoms with Crippen LogP contribution >= 0.6 is 0 Å². The molecule has 4 N–H and O–H groups in total. The number of pyridine rings is 2. The normalized spacial score (nSPS) is 11.6. The summed E-state index contributed by atoms with van der Waals surface area (Å²) in [6.45, 7) is 1.80. The van der Waals surface area contributed by atoms with Crippen LogP contribution in [-0.4, -0.2) is 30.1 Å². The maximum absolute atomic E-state index is 14.2. The van der Waals surface area contributed by atoms with E-state index < -0.39 is 11.9 Å². The fourth-order valence-electron chi connectivity index (χ4n) is 4.77. The molecule has 10 heteroatoms. The fraction of sp³-hybridized carbons (Fsp3) is 0.0645. The van der Waals surface area contributed by atoms with Crippen LogP contribution in [0, 0.1) is 11.8 Å². The molecule has 10 nitrogen and oxygen atoms in total. The molecule has 0 saturated carbocycles. The molecule has 6 aromatic rings. The van der Waals surface area contributed by atoms with Gasteiger partial charge in [-0.1, -0.05) is 42.2 Å². The average Bonchev–Trinajstić information content (AvgIpc) is 3.32. The van der Waals surface area contributed by atoms with E-state index >= 15 is 0 Å². The smallest absolute Gasteiger partial charge is 0.264 e. The Morgan fingerprint density at radius 3 is 2.66 bits per heavy atom. The molecule has 0 fully saturated rings. The van der Waals surface area contributed by atoms with Gasteiger partial charge in [0.2, 0.25) is 5.56 Å². The van der Waals surface area contributed by atoms with Crippen molar-refractivity contribution in [2.75, 3.05) is 5.73 Å². The molecule has 0 spiro atoms. The summed E-state index contributed by atoms with van der Waals surface area (Å²) >= 11 is 0. The maximum Gasteiger partial charge on any atom is 0.264 e. The number of rotatable bonds is 4. The summed E-state index contributed by atoms with van der Waals surface area (Å²) in [6.07, 6.45) is 4.74. The van der Waals surface area contributed by atoms with Crippen LogP contribution in [0.2, 0.25) is 0 Å². The molecule has 1 atom stereocenters. The van der Waals surface area contributed by atoms with E-state index in [0.29, 0.717) is 38.9 Å². The van der Waals surface area contributed by atoms with Gasteiger partial charge in [-0.25, -0.2) is 9.50 Å². The Morgan fingerprint density at radius 1 is 1.02 bits per heavy atom. The van der Waals surface area contributed by atoms with Gasteiger partial charge in [0.05, 0.1) is 11.4 Å². The molecule has 4 heterocycles. The first-order valence-corrected chi connectivity index (χ1v) is 12.8. The standard InChI is InChI=1S/C31H23N7O3/c1-19(35-30(40)27-28(32)36-37-16-6-14-34-29(27)37)24-18-22-8-5-7-21(12-11-20-13-15-33-25(39)17-20)26(22)31(41)38(24)23-9-3-2-4-10-23/h2-10,13-19H,1H3,(H2,32,36)(H,33,39)(H,35,40). The van der Waals surface area contributed by atoms with Gasteiger partial charge in [-0.05, 0) is 48.7 Å². The molecule has 0 aliphatic carbocycles. The molecule has 6 rings (SSSR count). The monoisotopic (exact) mass is 541 g/mol. The van der Waals surface area contributed by atoms with Crippen LogP contribution in [0.3, 0.4) is 0 Å². The Bertz CT molecular complexity index is 2130. The van der Waals surface area contributed by atoms with E-state index in [9.17, 15) is 14.4 Å². The van der Waals surface area contributed by atoms with Gasteiger partial charge < -0.3 is 16.0 Å². The SMILES string of the molecule is CC(NC(=O)c1c(N)nn2cccnc12)c1cc2cccc(C#Cc3cc[nH]c(=O)c3)c2c(=O)n1-c1ccccc1. The second-order valence-corrected chi connectivity index (χ2v) is 9.35. The van der Waals surface area contributed by atoms with Crippen LogP contribution in [0.15, 0.2) is 101 Å². The van der Waals surface area contributed by atoms with E-state index in [1.807, 2.05) is 48.5 Å². The summed E-state index contributed by atoms with van der Waals surface area (Å²) in [6, 6.07) is 20.6. The van der Waals surface area contributed by atoms with Crippen LogP contribution < -0.4 is 22.2 Å². The van der Waals surface area contributed by atoms with Gasteiger partial charge in [0.25, 0.3) is 11.5 Å². The van der Waals surface area contributed by atoms with Gasteiger partial charge in [-0.3, -0.25) is 19.0 Å². The summed E-state index contributed by atoms with van der Waals surface area (Å²) < 4.78 is 3.02. The predicted octanol–water partition coefficient (Wildman–Crippen LogP) is 3.19. The molecule has 0 radical (unpaired) electrons.